The highest BCUT2D eigenvalue weighted by Gasteiger charge is 2.86. The Balaban J connectivity index is 2.40. The molecule has 0 aliphatic heterocycles. The smallest absolute Gasteiger partial charge is 0.202 e. The van der Waals surface area contributed by atoms with Crippen molar-refractivity contribution in [2.24, 2.45) is 0 Å². The quantitative estimate of drug-likeness (QED) is 0.195. The number of rotatable bonds is 11. The van der Waals surface area contributed by atoms with E-state index in [-0.39, 0.29) is 14.7 Å². The Hall–Kier alpha value is -2.71. The van der Waals surface area contributed by atoms with Gasteiger partial charge in [0.05, 0.1) is 0 Å². The van der Waals surface area contributed by atoms with Gasteiger partial charge in [-0.3, -0.25) is 0 Å². The Kier molecular flexibility index (Phi) is 9.46. The van der Waals surface area contributed by atoms with Crippen molar-refractivity contribution in [1.82, 2.24) is 0 Å². The van der Waals surface area contributed by atoms with Gasteiger partial charge in [-0.15, -0.1) is 0 Å². The van der Waals surface area contributed by atoms with Crippen LogP contribution in [0.25, 0.3) is 0 Å². The summed E-state index contributed by atoms with van der Waals surface area (Å²) in [5.41, 5.74) is 2.12. The van der Waals surface area contributed by atoms with E-state index in [1.54, 1.807) is 20.8 Å². The molecule has 3 nitrogen and oxygen atoms in total. The summed E-state index contributed by atoms with van der Waals surface area (Å²) in [6.45, 7) is 5.35. The first-order valence-electron chi connectivity index (χ1n) is 12.6. The number of benzene rings is 3. The summed E-state index contributed by atoms with van der Waals surface area (Å²) in [4.78, 5) is -0.338. The molecular weight excluding hydrogens is 619 g/mol. The molecule has 0 unspecified atom stereocenters. The fraction of sp³-hybridized carbons (Fsp3) is 0.357. The van der Waals surface area contributed by atoms with Crippen molar-refractivity contribution in [2.45, 2.75) is 78.0 Å². The molecular formula is C28H27F9O3S2. The highest BCUT2D eigenvalue weighted by molar-refractivity contribution is 8.33. The predicted octanol–water partition coefficient (Wildman–Crippen LogP) is 9.34. The number of hydrogen-bond acceptors (Lipinski definition) is 3. The summed E-state index contributed by atoms with van der Waals surface area (Å²) < 4.78 is 156. The van der Waals surface area contributed by atoms with E-state index in [0.717, 1.165) is 0 Å². The number of aryl methyl sites for hydroxylation is 3. The fourth-order valence-electron chi connectivity index (χ4n) is 3.97. The monoisotopic (exact) mass is 646 g/mol. The largest absolute Gasteiger partial charge is 0.460 e. The van der Waals surface area contributed by atoms with Crippen LogP contribution in [0.2, 0.25) is 0 Å². The summed E-state index contributed by atoms with van der Waals surface area (Å²) >= 11 is 0. The minimum atomic E-state index is -7.44. The zero-order chi connectivity index (χ0) is 31.8. The Morgan fingerprint density at radius 1 is 0.524 bits per heavy atom. The average Bonchev–Trinajstić information content (AvgIpc) is 2.95. The van der Waals surface area contributed by atoms with E-state index in [1.807, 2.05) is 0 Å². The second-order valence-corrected chi connectivity index (χ2v) is 13.7. The molecule has 0 heterocycles. The van der Waals surface area contributed by atoms with Crippen LogP contribution in [0, 0.1) is 0 Å². The van der Waals surface area contributed by atoms with Crippen LogP contribution in [0.1, 0.15) is 37.5 Å². The molecule has 232 valence electrons. The van der Waals surface area contributed by atoms with Gasteiger partial charge in [0, 0.05) is 14.7 Å². The lowest BCUT2D eigenvalue weighted by Gasteiger charge is -2.41. The van der Waals surface area contributed by atoms with Crippen molar-refractivity contribution in [3.8, 4) is 0 Å². The zero-order valence-electron chi connectivity index (χ0n) is 22.5. The lowest BCUT2D eigenvalue weighted by molar-refractivity contribution is -0.382. The average molecular weight is 647 g/mol. The molecule has 3 aromatic rings. The van der Waals surface area contributed by atoms with E-state index in [0.29, 0.717) is 36.0 Å². The van der Waals surface area contributed by atoms with E-state index in [1.165, 1.54) is 72.8 Å². The normalized spacial score (nSPS) is 14.2. The van der Waals surface area contributed by atoms with Gasteiger partial charge in [-0.1, -0.05) is 57.2 Å². The summed E-state index contributed by atoms with van der Waals surface area (Å²) in [5.74, 6) is -14.9. The van der Waals surface area contributed by atoms with Gasteiger partial charge in [0.2, 0.25) is 0 Å². The van der Waals surface area contributed by atoms with E-state index >= 15 is 8.78 Å². The summed E-state index contributed by atoms with van der Waals surface area (Å²) in [5, 5.41) is -7.02. The van der Waals surface area contributed by atoms with Crippen LogP contribution in [0.3, 0.4) is 0 Å². The maximum absolute atomic E-state index is 15.0. The summed E-state index contributed by atoms with van der Waals surface area (Å²) in [6, 6.07) is 16.9. The molecule has 0 fully saturated rings. The van der Waals surface area contributed by atoms with Gasteiger partial charge in [-0.25, -0.2) is 3.63 Å². The number of alkyl halides is 9. The van der Waals surface area contributed by atoms with Crippen LogP contribution in [0.5, 0.6) is 0 Å². The highest BCUT2D eigenvalue weighted by atomic mass is 32.3. The van der Waals surface area contributed by atoms with E-state index in [9.17, 15) is 39.2 Å². The molecule has 0 aliphatic carbocycles. The number of hydrogen-bond donors (Lipinski definition) is 0. The van der Waals surface area contributed by atoms with Gasteiger partial charge in [0.25, 0.3) is 0 Å². The molecule has 3 aromatic carbocycles. The van der Waals surface area contributed by atoms with Crippen molar-refractivity contribution in [3.05, 3.63) is 89.5 Å². The van der Waals surface area contributed by atoms with Crippen LogP contribution < -0.4 is 0 Å². The van der Waals surface area contributed by atoms with E-state index in [4.69, 9.17) is 3.63 Å². The van der Waals surface area contributed by atoms with Gasteiger partial charge < -0.3 is 0 Å². The van der Waals surface area contributed by atoms with Crippen LogP contribution >= 0.6 is 10.3 Å². The van der Waals surface area contributed by atoms with Crippen molar-refractivity contribution < 1.29 is 51.6 Å². The molecule has 0 saturated carbocycles. The first-order valence-corrected chi connectivity index (χ1v) is 15.5. The molecule has 0 atom stereocenters. The molecule has 14 heteroatoms. The highest BCUT2D eigenvalue weighted by Crippen LogP contribution is 2.71. The lowest BCUT2D eigenvalue weighted by Crippen LogP contribution is -2.63. The fourth-order valence-corrected chi connectivity index (χ4v) is 9.15. The van der Waals surface area contributed by atoms with Crippen molar-refractivity contribution >= 4 is 20.4 Å². The molecule has 0 aromatic heterocycles. The van der Waals surface area contributed by atoms with Crippen LogP contribution in [-0.2, 0) is 33.0 Å². The third-order valence-electron chi connectivity index (χ3n) is 6.61. The third kappa shape index (κ3) is 5.64. The minimum Gasteiger partial charge on any atom is -0.202 e. The summed E-state index contributed by atoms with van der Waals surface area (Å²) in [6.07, 6.45) is -5.72. The van der Waals surface area contributed by atoms with Gasteiger partial charge >= 0.3 is 33.4 Å². The zero-order valence-corrected chi connectivity index (χ0v) is 24.1. The maximum atomic E-state index is 15.0. The Morgan fingerprint density at radius 2 is 0.810 bits per heavy atom. The lowest BCUT2D eigenvalue weighted by atomic mass is 10.1. The molecule has 0 bridgehead atoms. The van der Waals surface area contributed by atoms with Crippen LogP contribution in [0.15, 0.2) is 87.5 Å². The van der Waals surface area contributed by atoms with Gasteiger partial charge in [0.15, 0.2) is 0 Å². The topological polar surface area (TPSA) is 43.4 Å². The molecule has 0 amide bonds. The Labute approximate surface area is 239 Å². The molecule has 42 heavy (non-hydrogen) atoms. The Morgan fingerprint density at radius 3 is 1.05 bits per heavy atom. The first kappa shape index (κ1) is 33.8. The maximum Gasteiger partial charge on any atom is 0.460 e. The Bertz CT molecular complexity index is 1350. The van der Waals surface area contributed by atoms with Gasteiger partial charge in [-0.2, -0.15) is 47.9 Å². The van der Waals surface area contributed by atoms with Gasteiger partial charge in [-0.05, 0) is 82.7 Å². The molecule has 0 N–H and O–H groups in total. The van der Waals surface area contributed by atoms with Crippen molar-refractivity contribution in [1.29, 1.82) is 0 Å². The van der Waals surface area contributed by atoms with Crippen LogP contribution in [-0.4, -0.2) is 31.7 Å². The predicted molar refractivity (Wildman–Crippen MR) is 141 cm³/mol. The molecule has 0 spiro atoms. The van der Waals surface area contributed by atoms with Crippen molar-refractivity contribution in [3.63, 3.8) is 0 Å². The standard InChI is InChI=1S/C28H27F9O3S2/c1-4-19-7-13-22(14-8-19)41(23-15-9-20(5-2)10-16-23,24-17-11-21(6-3)12-18-24)40-42(38,39)28(36,37)26(31,32)25(29,30)27(33,34)35/h7-18H,4-6H2,1-3H3. The third-order valence-corrected chi connectivity index (χ3v) is 11.8. The minimum absolute atomic E-state index is 0.113. The van der Waals surface area contributed by atoms with Gasteiger partial charge in [0.1, 0.15) is 0 Å². The molecule has 0 radical (unpaired) electrons. The van der Waals surface area contributed by atoms with E-state index in [2.05, 4.69) is 0 Å². The molecule has 3 rings (SSSR count). The molecule has 0 saturated heterocycles. The van der Waals surface area contributed by atoms with Crippen LogP contribution in [0.4, 0.5) is 39.5 Å². The SMILES string of the molecule is CCc1ccc(S(OS(=O)(=O)C(F)(F)C(F)(F)C(F)(F)C(F)(F)F)(c2ccc(CC)cc2)c2ccc(CC)cc2)cc1. The summed E-state index contributed by atoms with van der Waals surface area (Å²) in [7, 11) is -11.3. The second-order valence-electron chi connectivity index (χ2n) is 9.23. The molecule has 0 aliphatic rings. The van der Waals surface area contributed by atoms with Crippen molar-refractivity contribution in [2.75, 3.05) is 0 Å². The van der Waals surface area contributed by atoms with E-state index < -0.39 is 43.7 Å². The number of halogens is 9. The second kappa shape index (κ2) is 11.8. The first-order chi connectivity index (χ1) is 19.3.